The molecule has 0 radical (unpaired) electrons. The Kier molecular flexibility index (Phi) is 3.64. The van der Waals surface area contributed by atoms with Crippen molar-refractivity contribution < 1.29 is 9.47 Å². The molecule has 0 spiro atoms. The molecule has 98 valence electrons. The number of fused-ring (bicyclic) bond motifs is 1. The van der Waals surface area contributed by atoms with Crippen LogP contribution in [0.5, 0.6) is 0 Å². The lowest BCUT2D eigenvalue weighted by atomic mass is 9.98. The average molecular weight is 247 g/mol. The third-order valence-electron chi connectivity index (χ3n) is 4.00. The predicted octanol–water partition coefficient (Wildman–Crippen LogP) is 2.20. The maximum atomic E-state index is 5.96. The van der Waals surface area contributed by atoms with Gasteiger partial charge >= 0.3 is 0 Å². The first-order chi connectivity index (χ1) is 8.83. The van der Waals surface area contributed by atoms with E-state index in [1.54, 1.807) is 0 Å². The molecule has 3 heteroatoms. The summed E-state index contributed by atoms with van der Waals surface area (Å²) < 4.78 is 11.8. The van der Waals surface area contributed by atoms with Gasteiger partial charge in [0.25, 0.3) is 0 Å². The summed E-state index contributed by atoms with van der Waals surface area (Å²) in [6.45, 7) is 1.46. The Bertz CT molecular complexity index is 407. The van der Waals surface area contributed by atoms with E-state index in [-0.39, 0.29) is 6.10 Å². The van der Waals surface area contributed by atoms with Crippen LogP contribution in [0.4, 0.5) is 0 Å². The highest BCUT2D eigenvalue weighted by Crippen LogP contribution is 2.29. The third-order valence-corrected chi connectivity index (χ3v) is 4.00. The van der Waals surface area contributed by atoms with Crippen LogP contribution in [0.25, 0.3) is 0 Å². The number of nitrogens with two attached hydrogens (primary N) is 1. The summed E-state index contributed by atoms with van der Waals surface area (Å²) in [5, 5.41) is 0. The van der Waals surface area contributed by atoms with E-state index < -0.39 is 0 Å². The molecule has 1 aliphatic heterocycles. The molecule has 2 N–H and O–H groups in total. The second-order valence-corrected chi connectivity index (χ2v) is 5.34. The summed E-state index contributed by atoms with van der Waals surface area (Å²) in [5.41, 5.74) is 8.60. The predicted molar refractivity (Wildman–Crippen MR) is 70.4 cm³/mol. The lowest BCUT2D eigenvalue weighted by molar-refractivity contribution is -0.0496. The summed E-state index contributed by atoms with van der Waals surface area (Å²) in [4.78, 5) is 0. The second kappa shape index (κ2) is 5.39. The molecule has 1 aromatic carbocycles. The molecule has 0 amide bonds. The number of hydrogen-bond acceptors (Lipinski definition) is 3. The topological polar surface area (TPSA) is 44.5 Å². The number of hydrogen-bond donors (Lipinski definition) is 1. The van der Waals surface area contributed by atoms with Gasteiger partial charge in [-0.25, -0.2) is 0 Å². The maximum absolute atomic E-state index is 5.96. The van der Waals surface area contributed by atoms with E-state index in [9.17, 15) is 0 Å². The SMILES string of the molecule is NC1CCC(OCC2OCCc3ccccc32)C1. The van der Waals surface area contributed by atoms with Gasteiger partial charge in [0, 0.05) is 6.04 Å². The lowest BCUT2D eigenvalue weighted by Gasteiger charge is -2.27. The minimum atomic E-state index is 0.103. The summed E-state index contributed by atoms with van der Waals surface area (Å²) in [6, 6.07) is 8.85. The molecule has 1 aliphatic carbocycles. The molecule has 1 aromatic rings. The molecule has 2 aliphatic rings. The van der Waals surface area contributed by atoms with Gasteiger partial charge < -0.3 is 15.2 Å². The van der Waals surface area contributed by atoms with Crippen LogP contribution in [-0.2, 0) is 15.9 Å². The highest BCUT2D eigenvalue weighted by atomic mass is 16.5. The number of ether oxygens (including phenoxy) is 2. The standard InChI is InChI=1S/C15H21NO2/c16-12-5-6-13(9-12)18-10-15-14-4-2-1-3-11(14)7-8-17-15/h1-4,12-13,15H,5-10,16H2. The van der Waals surface area contributed by atoms with Crippen LogP contribution in [0.2, 0.25) is 0 Å². The van der Waals surface area contributed by atoms with E-state index in [1.807, 2.05) is 0 Å². The minimum absolute atomic E-state index is 0.103. The molecule has 0 aromatic heterocycles. The Hall–Kier alpha value is -0.900. The molecule has 3 unspecified atom stereocenters. The Labute approximate surface area is 108 Å². The Morgan fingerprint density at radius 1 is 1.28 bits per heavy atom. The molecule has 1 heterocycles. The van der Waals surface area contributed by atoms with Gasteiger partial charge in [0.1, 0.15) is 6.10 Å². The smallest absolute Gasteiger partial charge is 0.106 e. The molecular weight excluding hydrogens is 226 g/mol. The highest BCUT2D eigenvalue weighted by Gasteiger charge is 2.25. The highest BCUT2D eigenvalue weighted by molar-refractivity contribution is 5.30. The molecular formula is C15H21NO2. The fourth-order valence-corrected chi connectivity index (χ4v) is 2.96. The van der Waals surface area contributed by atoms with Crippen molar-refractivity contribution >= 4 is 0 Å². The van der Waals surface area contributed by atoms with Gasteiger partial charge in [-0.2, -0.15) is 0 Å². The molecule has 3 nitrogen and oxygen atoms in total. The normalized spacial score (nSPS) is 31.3. The number of benzene rings is 1. The van der Waals surface area contributed by atoms with Gasteiger partial charge in [0.05, 0.1) is 19.3 Å². The van der Waals surface area contributed by atoms with Gasteiger partial charge in [-0.1, -0.05) is 24.3 Å². The Morgan fingerprint density at radius 3 is 3.00 bits per heavy atom. The zero-order valence-electron chi connectivity index (χ0n) is 10.7. The number of rotatable bonds is 3. The summed E-state index contributed by atoms with van der Waals surface area (Å²) in [5.74, 6) is 0. The van der Waals surface area contributed by atoms with Gasteiger partial charge in [-0.05, 0) is 36.8 Å². The van der Waals surface area contributed by atoms with Gasteiger partial charge in [-0.15, -0.1) is 0 Å². The molecule has 3 rings (SSSR count). The van der Waals surface area contributed by atoms with E-state index in [4.69, 9.17) is 15.2 Å². The summed E-state index contributed by atoms with van der Waals surface area (Å²) in [6.07, 6.45) is 4.63. The van der Waals surface area contributed by atoms with E-state index >= 15 is 0 Å². The van der Waals surface area contributed by atoms with Crippen LogP contribution in [0.15, 0.2) is 24.3 Å². The van der Waals surface area contributed by atoms with Crippen molar-refractivity contribution in [3.05, 3.63) is 35.4 Å². The molecule has 3 atom stereocenters. The average Bonchev–Trinajstić information content (AvgIpc) is 2.82. The van der Waals surface area contributed by atoms with Crippen LogP contribution in [0, 0.1) is 0 Å². The van der Waals surface area contributed by atoms with Crippen molar-refractivity contribution in [2.45, 2.75) is 43.9 Å². The van der Waals surface area contributed by atoms with Crippen LogP contribution >= 0.6 is 0 Å². The van der Waals surface area contributed by atoms with E-state index in [0.717, 1.165) is 32.3 Å². The van der Waals surface area contributed by atoms with Crippen LogP contribution < -0.4 is 5.73 Å². The second-order valence-electron chi connectivity index (χ2n) is 5.34. The van der Waals surface area contributed by atoms with Crippen LogP contribution in [0.3, 0.4) is 0 Å². The lowest BCUT2D eigenvalue weighted by Crippen LogP contribution is -2.23. The first-order valence-corrected chi connectivity index (χ1v) is 6.89. The van der Waals surface area contributed by atoms with Crippen molar-refractivity contribution in [2.75, 3.05) is 13.2 Å². The van der Waals surface area contributed by atoms with Gasteiger partial charge in [0.2, 0.25) is 0 Å². The molecule has 1 saturated carbocycles. The summed E-state index contributed by atoms with van der Waals surface area (Å²) >= 11 is 0. The zero-order chi connectivity index (χ0) is 12.4. The molecule has 0 saturated heterocycles. The Balaban J connectivity index is 1.60. The van der Waals surface area contributed by atoms with Gasteiger partial charge in [-0.3, -0.25) is 0 Å². The monoisotopic (exact) mass is 247 g/mol. The quantitative estimate of drug-likeness (QED) is 0.890. The fraction of sp³-hybridized carbons (Fsp3) is 0.600. The van der Waals surface area contributed by atoms with E-state index in [2.05, 4.69) is 24.3 Å². The first-order valence-electron chi connectivity index (χ1n) is 6.89. The van der Waals surface area contributed by atoms with Crippen molar-refractivity contribution in [1.29, 1.82) is 0 Å². The fourth-order valence-electron chi connectivity index (χ4n) is 2.96. The maximum Gasteiger partial charge on any atom is 0.106 e. The minimum Gasteiger partial charge on any atom is -0.375 e. The third kappa shape index (κ3) is 2.58. The van der Waals surface area contributed by atoms with Crippen LogP contribution in [-0.4, -0.2) is 25.4 Å². The van der Waals surface area contributed by atoms with Gasteiger partial charge in [0.15, 0.2) is 0 Å². The van der Waals surface area contributed by atoms with E-state index in [1.165, 1.54) is 11.1 Å². The summed E-state index contributed by atoms with van der Waals surface area (Å²) in [7, 11) is 0. The van der Waals surface area contributed by atoms with Crippen molar-refractivity contribution in [3.8, 4) is 0 Å². The Morgan fingerprint density at radius 2 is 2.17 bits per heavy atom. The van der Waals surface area contributed by atoms with Crippen LogP contribution in [0.1, 0.15) is 36.5 Å². The zero-order valence-corrected chi connectivity index (χ0v) is 10.7. The van der Waals surface area contributed by atoms with Crippen molar-refractivity contribution in [2.24, 2.45) is 5.73 Å². The van der Waals surface area contributed by atoms with Crippen molar-refractivity contribution in [3.63, 3.8) is 0 Å². The molecule has 0 bridgehead atoms. The molecule has 1 fully saturated rings. The van der Waals surface area contributed by atoms with E-state index in [0.29, 0.717) is 18.8 Å². The largest absolute Gasteiger partial charge is 0.375 e. The van der Waals surface area contributed by atoms with Crippen molar-refractivity contribution in [1.82, 2.24) is 0 Å². The molecule has 18 heavy (non-hydrogen) atoms. The first kappa shape index (κ1) is 12.2.